The Bertz CT molecular complexity index is 898. The van der Waals surface area contributed by atoms with Crippen molar-refractivity contribution in [3.8, 4) is 5.88 Å². The largest absolute Gasteiger partial charge is 0.467 e. The van der Waals surface area contributed by atoms with E-state index >= 15 is 0 Å². The number of hydrogen-bond donors (Lipinski definition) is 1. The molecule has 2 heterocycles. The lowest BCUT2D eigenvalue weighted by atomic mass is 10.2. The van der Waals surface area contributed by atoms with Gasteiger partial charge in [0.05, 0.1) is 5.69 Å². The maximum atomic E-state index is 12.0. The predicted molar refractivity (Wildman–Crippen MR) is 93.3 cm³/mol. The van der Waals surface area contributed by atoms with Crippen LogP contribution in [0.5, 0.6) is 5.88 Å². The highest BCUT2D eigenvalue weighted by Crippen LogP contribution is 2.23. The van der Waals surface area contributed by atoms with Crippen LogP contribution in [0.25, 0.3) is 11.0 Å². The van der Waals surface area contributed by atoms with Crippen LogP contribution in [0.4, 0.5) is 5.69 Å². The maximum Gasteiger partial charge on any atom is 0.262 e. The van der Waals surface area contributed by atoms with E-state index in [1.165, 1.54) is 0 Å². The van der Waals surface area contributed by atoms with Crippen molar-refractivity contribution < 1.29 is 9.53 Å². The number of hydrogen-bond acceptors (Lipinski definition) is 4. The summed E-state index contributed by atoms with van der Waals surface area (Å²) in [6.45, 7) is 5.84. The van der Waals surface area contributed by atoms with E-state index in [1.807, 2.05) is 58.2 Å². The Morgan fingerprint density at radius 3 is 2.62 bits per heavy atom. The van der Waals surface area contributed by atoms with Crippen molar-refractivity contribution >= 4 is 22.6 Å². The first-order valence-electron chi connectivity index (χ1n) is 7.74. The van der Waals surface area contributed by atoms with Crippen molar-refractivity contribution in [3.63, 3.8) is 0 Å². The lowest BCUT2D eigenvalue weighted by Crippen LogP contribution is -2.20. The summed E-state index contributed by atoms with van der Waals surface area (Å²) in [6, 6.07) is 9.44. The number of fused-ring (bicyclic) bond motifs is 1. The number of aromatic nitrogens is 3. The number of rotatable bonds is 4. The SMILES string of the molecule is Cc1ccc(NC(=O)COc2cc(C)c3c(C)nn(C)c3n2)cc1. The third kappa shape index (κ3) is 3.22. The summed E-state index contributed by atoms with van der Waals surface area (Å²) in [6.07, 6.45) is 0. The van der Waals surface area contributed by atoms with Crippen molar-refractivity contribution in [1.82, 2.24) is 14.8 Å². The Labute approximate surface area is 140 Å². The molecular weight excluding hydrogens is 304 g/mol. The van der Waals surface area contributed by atoms with Gasteiger partial charge in [-0.25, -0.2) is 0 Å². The normalized spacial score (nSPS) is 10.8. The molecule has 0 aliphatic rings. The maximum absolute atomic E-state index is 12.0. The van der Waals surface area contributed by atoms with Crippen molar-refractivity contribution in [1.29, 1.82) is 0 Å². The summed E-state index contributed by atoms with van der Waals surface area (Å²) >= 11 is 0. The molecule has 1 aromatic carbocycles. The van der Waals surface area contributed by atoms with E-state index in [2.05, 4.69) is 15.4 Å². The second-order valence-corrected chi connectivity index (χ2v) is 5.89. The molecule has 0 saturated carbocycles. The lowest BCUT2D eigenvalue weighted by Gasteiger charge is -2.08. The van der Waals surface area contributed by atoms with E-state index in [9.17, 15) is 4.79 Å². The molecule has 0 radical (unpaired) electrons. The predicted octanol–water partition coefficient (Wildman–Crippen LogP) is 2.91. The number of carbonyl (C=O) groups excluding carboxylic acids is 1. The molecule has 0 fully saturated rings. The zero-order chi connectivity index (χ0) is 17.3. The van der Waals surface area contributed by atoms with Gasteiger partial charge in [-0.1, -0.05) is 17.7 Å². The van der Waals surface area contributed by atoms with Crippen molar-refractivity contribution in [2.24, 2.45) is 7.05 Å². The van der Waals surface area contributed by atoms with Gasteiger partial charge in [-0.3, -0.25) is 9.48 Å². The fourth-order valence-electron chi connectivity index (χ4n) is 2.68. The first-order chi connectivity index (χ1) is 11.4. The minimum Gasteiger partial charge on any atom is -0.467 e. The number of aryl methyl sites for hydroxylation is 4. The van der Waals surface area contributed by atoms with Crippen molar-refractivity contribution in [2.45, 2.75) is 20.8 Å². The van der Waals surface area contributed by atoms with Crippen LogP contribution in [0.15, 0.2) is 30.3 Å². The fourth-order valence-corrected chi connectivity index (χ4v) is 2.68. The number of nitrogens with one attached hydrogen (secondary N) is 1. The van der Waals surface area contributed by atoms with Gasteiger partial charge < -0.3 is 10.1 Å². The molecule has 0 aliphatic carbocycles. The second-order valence-electron chi connectivity index (χ2n) is 5.89. The molecule has 3 aromatic rings. The molecule has 1 amide bonds. The van der Waals surface area contributed by atoms with Crippen LogP contribution >= 0.6 is 0 Å². The molecule has 0 atom stereocenters. The number of nitrogens with zero attached hydrogens (tertiary/aromatic N) is 3. The molecule has 0 unspecified atom stereocenters. The lowest BCUT2D eigenvalue weighted by molar-refractivity contribution is -0.118. The number of carbonyl (C=O) groups is 1. The smallest absolute Gasteiger partial charge is 0.262 e. The average molecular weight is 324 g/mol. The fraction of sp³-hybridized carbons (Fsp3) is 0.278. The van der Waals surface area contributed by atoms with E-state index in [-0.39, 0.29) is 12.5 Å². The Kier molecular flexibility index (Phi) is 4.20. The van der Waals surface area contributed by atoms with Gasteiger partial charge in [-0.2, -0.15) is 10.1 Å². The summed E-state index contributed by atoms with van der Waals surface area (Å²) in [7, 11) is 1.84. The van der Waals surface area contributed by atoms with E-state index in [0.717, 1.165) is 33.5 Å². The summed E-state index contributed by atoms with van der Waals surface area (Å²) < 4.78 is 7.27. The van der Waals surface area contributed by atoms with Crippen LogP contribution < -0.4 is 10.1 Å². The van der Waals surface area contributed by atoms with Gasteiger partial charge in [0.2, 0.25) is 5.88 Å². The quantitative estimate of drug-likeness (QED) is 0.801. The first-order valence-corrected chi connectivity index (χ1v) is 7.74. The number of anilines is 1. The molecule has 6 nitrogen and oxygen atoms in total. The highest BCUT2D eigenvalue weighted by Gasteiger charge is 2.12. The van der Waals surface area contributed by atoms with Crippen molar-refractivity contribution in [3.05, 3.63) is 47.2 Å². The van der Waals surface area contributed by atoms with Gasteiger partial charge in [-0.15, -0.1) is 0 Å². The van der Waals surface area contributed by atoms with Crippen LogP contribution in [0, 0.1) is 20.8 Å². The first kappa shape index (κ1) is 16.0. The molecule has 3 rings (SSSR count). The Morgan fingerprint density at radius 2 is 1.92 bits per heavy atom. The number of benzene rings is 1. The Hall–Kier alpha value is -2.89. The monoisotopic (exact) mass is 324 g/mol. The number of amides is 1. The Morgan fingerprint density at radius 1 is 1.21 bits per heavy atom. The van der Waals surface area contributed by atoms with Gasteiger partial charge >= 0.3 is 0 Å². The van der Waals surface area contributed by atoms with Crippen LogP contribution in [-0.2, 0) is 11.8 Å². The van der Waals surface area contributed by atoms with Gasteiger partial charge in [0.15, 0.2) is 12.3 Å². The molecule has 0 spiro atoms. The molecule has 0 saturated heterocycles. The molecule has 124 valence electrons. The molecule has 24 heavy (non-hydrogen) atoms. The molecule has 2 aromatic heterocycles. The van der Waals surface area contributed by atoms with E-state index in [0.29, 0.717) is 5.88 Å². The molecule has 6 heteroatoms. The van der Waals surface area contributed by atoms with Crippen LogP contribution in [-0.4, -0.2) is 27.3 Å². The standard InChI is InChI=1S/C18H20N4O2/c1-11-5-7-14(8-6-11)19-15(23)10-24-16-9-12(2)17-13(3)21-22(4)18(17)20-16/h5-9H,10H2,1-4H3,(H,19,23). The molecule has 1 N–H and O–H groups in total. The highest BCUT2D eigenvalue weighted by molar-refractivity contribution is 5.92. The second kappa shape index (κ2) is 6.31. The summed E-state index contributed by atoms with van der Waals surface area (Å²) in [5, 5.41) is 8.19. The third-order valence-electron chi connectivity index (χ3n) is 3.83. The summed E-state index contributed by atoms with van der Waals surface area (Å²) in [4.78, 5) is 16.5. The topological polar surface area (TPSA) is 69.0 Å². The van der Waals surface area contributed by atoms with Crippen LogP contribution in [0.2, 0.25) is 0 Å². The van der Waals surface area contributed by atoms with E-state index < -0.39 is 0 Å². The number of pyridine rings is 1. The van der Waals surface area contributed by atoms with E-state index in [1.54, 1.807) is 4.68 Å². The minimum atomic E-state index is -0.223. The van der Waals surface area contributed by atoms with Gasteiger partial charge in [0.25, 0.3) is 5.91 Å². The molecule has 0 aliphatic heterocycles. The molecule has 0 bridgehead atoms. The summed E-state index contributed by atoms with van der Waals surface area (Å²) in [5.41, 5.74) is 4.60. The number of ether oxygens (including phenoxy) is 1. The third-order valence-corrected chi connectivity index (χ3v) is 3.83. The Balaban J connectivity index is 1.70. The molecular formula is C18H20N4O2. The average Bonchev–Trinajstić information content (AvgIpc) is 2.82. The zero-order valence-electron chi connectivity index (χ0n) is 14.3. The van der Waals surface area contributed by atoms with Crippen LogP contribution in [0.3, 0.4) is 0 Å². The van der Waals surface area contributed by atoms with E-state index in [4.69, 9.17) is 4.74 Å². The minimum absolute atomic E-state index is 0.0946. The van der Waals surface area contributed by atoms with Gasteiger partial charge in [-0.05, 0) is 38.5 Å². The van der Waals surface area contributed by atoms with Crippen molar-refractivity contribution in [2.75, 3.05) is 11.9 Å². The summed E-state index contributed by atoms with van der Waals surface area (Å²) in [5.74, 6) is 0.196. The zero-order valence-corrected chi connectivity index (χ0v) is 14.3. The highest BCUT2D eigenvalue weighted by atomic mass is 16.5. The van der Waals surface area contributed by atoms with Gasteiger partial charge in [0.1, 0.15) is 0 Å². The van der Waals surface area contributed by atoms with Gasteiger partial charge in [0, 0.05) is 24.2 Å². The van der Waals surface area contributed by atoms with Crippen LogP contribution in [0.1, 0.15) is 16.8 Å².